The molecule has 2 N–H and O–H groups in total. The molecule has 0 spiro atoms. The van der Waals surface area contributed by atoms with Crippen LogP contribution in [0.2, 0.25) is 0 Å². The molecule has 0 fully saturated rings. The number of carbonyl (C=O) groups is 1. The van der Waals surface area contributed by atoms with Gasteiger partial charge in [0, 0.05) is 43.9 Å². The first kappa shape index (κ1) is 17.5. The largest absolute Gasteiger partial charge is 0.363 e. The van der Waals surface area contributed by atoms with Crippen LogP contribution < -0.4 is 15.5 Å². The highest BCUT2D eigenvalue weighted by Gasteiger charge is 2.06. The monoisotopic (exact) mass is 350 g/mol. The molecule has 2 heterocycles. The number of nitrogens with one attached hydrogen (secondary N) is 2. The van der Waals surface area contributed by atoms with Gasteiger partial charge >= 0.3 is 0 Å². The summed E-state index contributed by atoms with van der Waals surface area (Å²) in [6.45, 7) is 2.15. The van der Waals surface area contributed by atoms with E-state index in [1.807, 2.05) is 85.3 Å². The van der Waals surface area contributed by atoms with Crippen LogP contribution in [0.15, 0.2) is 54.9 Å². The van der Waals surface area contributed by atoms with E-state index in [1.54, 1.807) is 0 Å². The topological polar surface area (TPSA) is 75.1 Å². The zero-order valence-electron chi connectivity index (χ0n) is 15.1. The molecule has 0 saturated heterocycles. The lowest BCUT2D eigenvalue weighted by atomic mass is 10.2. The molecule has 0 aliphatic carbocycles. The molecule has 0 unspecified atom stereocenters. The van der Waals surface area contributed by atoms with E-state index in [2.05, 4.69) is 20.6 Å². The number of rotatable bonds is 6. The van der Waals surface area contributed by atoms with Gasteiger partial charge in [0.25, 0.3) is 0 Å². The third-order valence-electron chi connectivity index (χ3n) is 3.72. The first-order valence-electron chi connectivity index (χ1n) is 8.30. The lowest BCUT2D eigenvalue weighted by Gasteiger charge is -2.14. The molecule has 3 aromatic rings. The van der Waals surface area contributed by atoms with Crippen LogP contribution in [0, 0.1) is 6.92 Å². The minimum absolute atomic E-state index is 0.0658. The average Bonchev–Trinajstić information content (AvgIpc) is 3.09. The van der Waals surface area contributed by atoms with Crippen molar-refractivity contribution in [2.24, 2.45) is 0 Å². The molecule has 0 radical (unpaired) electrons. The SMILES string of the molecule is Cc1nc(Nc2ccc(NC(=O)Cn3cccc3)cc2)cc(N(C)C)n1. The maximum absolute atomic E-state index is 12.0. The second kappa shape index (κ2) is 7.69. The van der Waals surface area contributed by atoms with Crippen LogP contribution in [-0.2, 0) is 11.3 Å². The highest BCUT2D eigenvalue weighted by molar-refractivity contribution is 5.90. The van der Waals surface area contributed by atoms with Gasteiger partial charge in [0.05, 0.1) is 0 Å². The molecule has 7 heteroatoms. The van der Waals surface area contributed by atoms with E-state index < -0.39 is 0 Å². The standard InChI is InChI=1S/C19H22N6O/c1-14-20-17(12-18(21-14)24(2)3)22-15-6-8-16(9-7-15)23-19(26)13-25-10-4-5-11-25/h4-12H,13H2,1-3H3,(H,23,26)(H,20,21,22). The lowest BCUT2D eigenvalue weighted by Crippen LogP contribution is -2.17. The second-order valence-corrected chi connectivity index (χ2v) is 6.16. The van der Waals surface area contributed by atoms with Crippen LogP contribution >= 0.6 is 0 Å². The molecular weight excluding hydrogens is 328 g/mol. The van der Waals surface area contributed by atoms with E-state index in [0.717, 1.165) is 23.0 Å². The van der Waals surface area contributed by atoms with E-state index in [9.17, 15) is 4.79 Å². The normalized spacial score (nSPS) is 10.4. The summed E-state index contributed by atoms with van der Waals surface area (Å²) in [5.41, 5.74) is 1.64. The molecular formula is C19H22N6O. The van der Waals surface area contributed by atoms with Gasteiger partial charge in [-0.15, -0.1) is 0 Å². The number of nitrogens with zero attached hydrogens (tertiary/aromatic N) is 4. The van der Waals surface area contributed by atoms with Crippen LogP contribution in [-0.4, -0.2) is 34.5 Å². The summed E-state index contributed by atoms with van der Waals surface area (Å²) in [4.78, 5) is 22.7. The Hall–Kier alpha value is -3.35. The van der Waals surface area contributed by atoms with Crippen LogP contribution in [0.3, 0.4) is 0 Å². The quantitative estimate of drug-likeness (QED) is 0.715. The van der Waals surface area contributed by atoms with Gasteiger partial charge in [-0.2, -0.15) is 0 Å². The molecule has 7 nitrogen and oxygen atoms in total. The number of carbonyl (C=O) groups excluding carboxylic acids is 1. The molecule has 0 aliphatic heterocycles. The van der Waals surface area contributed by atoms with Gasteiger partial charge in [0.2, 0.25) is 5.91 Å². The van der Waals surface area contributed by atoms with Crippen molar-refractivity contribution in [3.63, 3.8) is 0 Å². The number of hydrogen-bond donors (Lipinski definition) is 2. The number of aromatic nitrogens is 3. The Bertz CT molecular complexity index is 872. The van der Waals surface area contributed by atoms with Gasteiger partial charge < -0.3 is 20.1 Å². The highest BCUT2D eigenvalue weighted by Crippen LogP contribution is 2.20. The summed E-state index contributed by atoms with van der Waals surface area (Å²) < 4.78 is 1.82. The van der Waals surface area contributed by atoms with Gasteiger partial charge in [-0.05, 0) is 43.3 Å². The van der Waals surface area contributed by atoms with Crippen molar-refractivity contribution in [1.29, 1.82) is 0 Å². The molecule has 134 valence electrons. The summed E-state index contributed by atoms with van der Waals surface area (Å²) in [6.07, 6.45) is 3.72. The first-order chi connectivity index (χ1) is 12.5. The maximum atomic E-state index is 12.0. The van der Waals surface area contributed by atoms with Crippen LogP contribution in [0.25, 0.3) is 0 Å². The van der Waals surface area contributed by atoms with Crippen molar-refractivity contribution in [3.05, 3.63) is 60.7 Å². The zero-order chi connectivity index (χ0) is 18.5. The van der Waals surface area contributed by atoms with Crippen molar-refractivity contribution in [1.82, 2.24) is 14.5 Å². The number of benzene rings is 1. The molecule has 0 saturated carbocycles. The molecule has 2 aromatic heterocycles. The van der Waals surface area contributed by atoms with Crippen LogP contribution in [0.1, 0.15) is 5.82 Å². The maximum Gasteiger partial charge on any atom is 0.244 e. The number of amides is 1. The third kappa shape index (κ3) is 4.60. The smallest absolute Gasteiger partial charge is 0.244 e. The third-order valence-corrected chi connectivity index (χ3v) is 3.72. The number of hydrogen-bond acceptors (Lipinski definition) is 5. The van der Waals surface area contributed by atoms with Crippen molar-refractivity contribution < 1.29 is 4.79 Å². The second-order valence-electron chi connectivity index (χ2n) is 6.16. The zero-order valence-corrected chi connectivity index (χ0v) is 15.1. The Morgan fingerprint density at radius 3 is 2.38 bits per heavy atom. The van der Waals surface area contributed by atoms with E-state index in [-0.39, 0.29) is 5.91 Å². The van der Waals surface area contributed by atoms with Crippen molar-refractivity contribution in [2.75, 3.05) is 29.6 Å². The molecule has 1 aromatic carbocycles. The summed E-state index contributed by atoms with van der Waals surface area (Å²) in [7, 11) is 3.88. The molecule has 3 rings (SSSR count). The molecule has 26 heavy (non-hydrogen) atoms. The Morgan fingerprint density at radius 2 is 1.73 bits per heavy atom. The summed E-state index contributed by atoms with van der Waals surface area (Å²) in [5, 5.41) is 6.15. The van der Waals surface area contributed by atoms with Gasteiger partial charge in [0.1, 0.15) is 24.0 Å². The lowest BCUT2D eigenvalue weighted by molar-refractivity contribution is -0.116. The Kier molecular flexibility index (Phi) is 5.17. The van der Waals surface area contributed by atoms with Crippen molar-refractivity contribution in [2.45, 2.75) is 13.5 Å². The molecule has 0 atom stereocenters. The van der Waals surface area contributed by atoms with Crippen molar-refractivity contribution in [3.8, 4) is 0 Å². The van der Waals surface area contributed by atoms with E-state index in [4.69, 9.17) is 0 Å². The van der Waals surface area contributed by atoms with Crippen LogP contribution in [0.4, 0.5) is 23.0 Å². The number of anilines is 4. The summed E-state index contributed by atoms with van der Waals surface area (Å²) >= 11 is 0. The number of aryl methyl sites for hydroxylation is 1. The van der Waals surface area contributed by atoms with E-state index in [1.165, 1.54) is 0 Å². The van der Waals surface area contributed by atoms with Gasteiger partial charge in [-0.25, -0.2) is 9.97 Å². The molecule has 0 aliphatic rings. The fourth-order valence-electron chi connectivity index (χ4n) is 2.47. The van der Waals surface area contributed by atoms with Gasteiger partial charge in [-0.1, -0.05) is 0 Å². The van der Waals surface area contributed by atoms with E-state index >= 15 is 0 Å². The summed E-state index contributed by atoms with van der Waals surface area (Å²) in [6, 6.07) is 13.2. The minimum Gasteiger partial charge on any atom is -0.363 e. The Balaban J connectivity index is 1.63. The Labute approximate surface area is 152 Å². The van der Waals surface area contributed by atoms with E-state index in [0.29, 0.717) is 12.4 Å². The predicted octanol–water partition coefficient (Wildman–Crippen LogP) is 3.03. The summed E-state index contributed by atoms with van der Waals surface area (Å²) in [5.74, 6) is 2.20. The highest BCUT2D eigenvalue weighted by atomic mass is 16.1. The van der Waals surface area contributed by atoms with Gasteiger partial charge in [0.15, 0.2) is 0 Å². The molecule has 0 bridgehead atoms. The fraction of sp³-hybridized carbons (Fsp3) is 0.211. The first-order valence-corrected chi connectivity index (χ1v) is 8.30. The van der Waals surface area contributed by atoms with Crippen LogP contribution in [0.5, 0.6) is 0 Å². The Morgan fingerprint density at radius 1 is 1.08 bits per heavy atom. The molecule has 1 amide bonds. The van der Waals surface area contributed by atoms with Gasteiger partial charge in [-0.3, -0.25) is 4.79 Å². The van der Waals surface area contributed by atoms with Crippen molar-refractivity contribution >= 4 is 28.9 Å². The predicted molar refractivity (Wildman–Crippen MR) is 104 cm³/mol. The average molecular weight is 350 g/mol. The minimum atomic E-state index is -0.0658. The fourth-order valence-corrected chi connectivity index (χ4v) is 2.47.